The molecule has 1 fully saturated rings. The molecule has 0 amide bonds. The van der Waals surface area contributed by atoms with Crippen LogP contribution in [0.3, 0.4) is 0 Å². The van der Waals surface area contributed by atoms with Crippen molar-refractivity contribution in [3.8, 4) is 5.69 Å². The molecular weight excluding hydrogens is 292 g/mol. The van der Waals surface area contributed by atoms with Crippen molar-refractivity contribution >= 4 is 11.7 Å². The summed E-state index contributed by atoms with van der Waals surface area (Å²) in [6.07, 6.45) is 6.78. The van der Waals surface area contributed by atoms with Crippen LogP contribution >= 0.6 is 0 Å². The van der Waals surface area contributed by atoms with Crippen LogP contribution in [0.25, 0.3) is 5.69 Å². The number of ether oxygens (including phenoxy) is 1. The maximum absolute atomic E-state index is 12.4. The van der Waals surface area contributed by atoms with Gasteiger partial charge < -0.3 is 9.64 Å². The quantitative estimate of drug-likeness (QED) is 0.812. The lowest BCUT2D eigenvalue weighted by molar-refractivity contribution is 0.0527. The summed E-state index contributed by atoms with van der Waals surface area (Å²) >= 11 is 0. The Morgan fingerprint density at radius 2 is 2.09 bits per heavy atom. The number of aromatic nitrogens is 3. The third-order valence-electron chi connectivity index (χ3n) is 4.30. The van der Waals surface area contributed by atoms with Crippen molar-refractivity contribution < 1.29 is 9.53 Å². The summed E-state index contributed by atoms with van der Waals surface area (Å²) in [5.41, 5.74) is 2.41. The Hall–Kier alpha value is -2.37. The van der Waals surface area contributed by atoms with Gasteiger partial charge >= 0.3 is 5.97 Å². The predicted octanol–water partition coefficient (Wildman–Crippen LogP) is 2.82. The molecule has 1 aromatic heterocycles. The minimum Gasteiger partial charge on any atom is -0.462 e. The number of esters is 1. The molecule has 3 rings (SSSR count). The fourth-order valence-corrected chi connectivity index (χ4v) is 3.10. The SMILES string of the molecule is CCOC(=O)c1cc(-n2cnnc2)ccc1N1CCCC[C@H]1C. The number of piperidine rings is 1. The summed E-state index contributed by atoms with van der Waals surface area (Å²) in [6, 6.07) is 6.28. The van der Waals surface area contributed by atoms with Crippen molar-refractivity contribution in [1.82, 2.24) is 14.8 Å². The molecule has 0 bridgehead atoms. The zero-order valence-corrected chi connectivity index (χ0v) is 13.6. The Morgan fingerprint density at radius 3 is 2.78 bits per heavy atom. The van der Waals surface area contributed by atoms with Crippen LogP contribution in [0.2, 0.25) is 0 Å². The first-order valence-corrected chi connectivity index (χ1v) is 8.13. The number of hydrogen-bond donors (Lipinski definition) is 0. The van der Waals surface area contributed by atoms with Gasteiger partial charge in [0, 0.05) is 18.3 Å². The van der Waals surface area contributed by atoms with E-state index in [9.17, 15) is 4.79 Å². The lowest BCUT2D eigenvalue weighted by Gasteiger charge is -2.36. The Kier molecular flexibility index (Phi) is 4.60. The van der Waals surface area contributed by atoms with E-state index in [1.54, 1.807) is 17.2 Å². The number of carbonyl (C=O) groups is 1. The number of rotatable bonds is 4. The monoisotopic (exact) mass is 314 g/mol. The van der Waals surface area contributed by atoms with Crippen molar-refractivity contribution in [3.05, 3.63) is 36.4 Å². The molecule has 122 valence electrons. The van der Waals surface area contributed by atoms with Crippen LogP contribution in [0.4, 0.5) is 5.69 Å². The van der Waals surface area contributed by atoms with Crippen molar-refractivity contribution in [2.75, 3.05) is 18.1 Å². The van der Waals surface area contributed by atoms with Crippen molar-refractivity contribution in [3.63, 3.8) is 0 Å². The van der Waals surface area contributed by atoms with Crippen LogP contribution in [0.5, 0.6) is 0 Å². The van der Waals surface area contributed by atoms with Crippen LogP contribution in [0.15, 0.2) is 30.9 Å². The Labute approximate surface area is 136 Å². The highest BCUT2D eigenvalue weighted by Crippen LogP contribution is 2.30. The normalized spacial score (nSPS) is 18.0. The highest BCUT2D eigenvalue weighted by atomic mass is 16.5. The molecule has 0 unspecified atom stereocenters. The van der Waals surface area contributed by atoms with Gasteiger partial charge in [-0.05, 0) is 51.3 Å². The van der Waals surface area contributed by atoms with Gasteiger partial charge in [-0.15, -0.1) is 10.2 Å². The minimum absolute atomic E-state index is 0.282. The largest absolute Gasteiger partial charge is 0.462 e. The molecular formula is C17H22N4O2. The smallest absolute Gasteiger partial charge is 0.340 e. The second kappa shape index (κ2) is 6.81. The molecule has 6 heteroatoms. The number of anilines is 1. The van der Waals surface area contributed by atoms with Crippen molar-refractivity contribution in [2.24, 2.45) is 0 Å². The van der Waals surface area contributed by atoms with E-state index in [4.69, 9.17) is 4.74 Å². The highest BCUT2D eigenvalue weighted by molar-refractivity contribution is 5.96. The van der Waals surface area contributed by atoms with Crippen LogP contribution in [0.1, 0.15) is 43.5 Å². The molecule has 0 spiro atoms. The summed E-state index contributed by atoms with van der Waals surface area (Å²) in [5, 5.41) is 7.64. The third-order valence-corrected chi connectivity index (χ3v) is 4.30. The fraction of sp³-hybridized carbons (Fsp3) is 0.471. The summed E-state index contributed by atoms with van der Waals surface area (Å²) < 4.78 is 7.04. The first-order valence-electron chi connectivity index (χ1n) is 8.13. The molecule has 6 nitrogen and oxygen atoms in total. The van der Waals surface area contributed by atoms with Crippen molar-refractivity contribution in [1.29, 1.82) is 0 Å². The van der Waals surface area contributed by atoms with Crippen LogP contribution in [-0.2, 0) is 4.74 Å². The van der Waals surface area contributed by atoms with E-state index in [-0.39, 0.29) is 5.97 Å². The number of nitrogens with zero attached hydrogens (tertiary/aromatic N) is 4. The summed E-state index contributed by atoms with van der Waals surface area (Å²) in [6.45, 7) is 5.37. The van der Waals surface area contributed by atoms with E-state index in [1.807, 2.05) is 25.1 Å². The molecule has 0 saturated carbocycles. The van der Waals surface area contributed by atoms with Crippen LogP contribution < -0.4 is 4.90 Å². The Morgan fingerprint density at radius 1 is 1.30 bits per heavy atom. The molecule has 1 atom stereocenters. The average Bonchev–Trinajstić information content (AvgIpc) is 3.10. The number of hydrogen-bond acceptors (Lipinski definition) is 5. The first-order chi connectivity index (χ1) is 11.2. The van der Waals surface area contributed by atoms with Gasteiger partial charge in [-0.2, -0.15) is 0 Å². The second-order valence-electron chi connectivity index (χ2n) is 5.83. The molecule has 2 aromatic rings. The minimum atomic E-state index is -0.282. The van der Waals surface area contributed by atoms with E-state index in [0.717, 1.165) is 30.8 Å². The van der Waals surface area contributed by atoms with E-state index >= 15 is 0 Å². The van der Waals surface area contributed by atoms with E-state index in [1.165, 1.54) is 6.42 Å². The van der Waals surface area contributed by atoms with E-state index < -0.39 is 0 Å². The predicted molar refractivity (Wildman–Crippen MR) is 88.0 cm³/mol. The molecule has 2 heterocycles. The number of benzene rings is 1. The van der Waals surface area contributed by atoms with Gasteiger partial charge in [0.1, 0.15) is 12.7 Å². The zero-order chi connectivity index (χ0) is 16.2. The molecule has 0 radical (unpaired) electrons. The zero-order valence-electron chi connectivity index (χ0n) is 13.6. The van der Waals surface area contributed by atoms with Gasteiger partial charge in [0.15, 0.2) is 0 Å². The van der Waals surface area contributed by atoms with Gasteiger partial charge in [0.25, 0.3) is 0 Å². The molecule has 0 aliphatic carbocycles. The van der Waals surface area contributed by atoms with Crippen molar-refractivity contribution in [2.45, 2.75) is 39.2 Å². The lowest BCUT2D eigenvalue weighted by atomic mass is 10.0. The molecule has 1 aliphatic heterocycles. The van der Waals surface area contributed by atoms with Gasteiger partial charge in [-0.1, -0.05) is 0 Å². The molecule has 1 aromatic carbocycles. The second-order valence-corrected chi connectivity index (χ2v) is 5.83. The van der Waals surface area contributed by atoms with Gasteiger partial charge in [-0.3, -0.25) is 4.57 Å². The maximum atomic E-state index is 12.4. The topological polar surface area (TPSA) is 60.3 Å². The molecule has 0 N–H and O–H groups in total. The number of carbonyl (C=O) groups excluding carboxylic acids is 1. The summed E-state index contributed by atoms with van der Waals surface area (Å²) in [5.74, 6) is -0.282. The molecule has 23 heavy (non-hydrogen) atoms. The molecule has 1 saturated heterocycles. The van der Waals surface area contributed by atoms with Crippen LogP contribution in [-0.4, -0.2) is 39.9 Å². The van der Waals surface area contributed by atoms with E-state index in [2.05, 4.69) is 22.0 Å². The van der Waals surface area contributed by atoms with Gasteiger partial charge in [0.05, 0.1) is 17.9 Å². The van der Waals surface area contributed by atoms with E-state index in [0.29, 0.717) is 18.2 Å². The lowest BCUT2D eigenvalue weighted by Crippen LogP contribution is -2.38. The summed E-state index contributed by atoms with van der Waals surface area (Å²) in [7, 11) is 0. The van der Waals surface area contributed by atoms with Gasteiger partial charge in [-0.25, -0.2) is 4.79 Å². The maximum Gasteiger partial charge on any atom is 0.340 e. The standard InChI is InChI=1S/C17H22N4O2/c1-3-23-17(22)15-10-14(20-11-18-19-12-20)7-8-16(15)21-9-5-4-6-13(21)2/h7-8,10-13H,3-6,9H2,1-2H3/t13-/m1/s1. The Balaban J connectivity index is 2.02. The highest BCUT2D eigenvalue weighted by Gasteiger charge is 2.24. The molecule has 1 aliphatic rings. The van der Waals surface area contributed by atoms with Gasteiger partial charge in [0.2, 0.25) is 0 Å². The fourth-order valence-electron chi connectivity index (χ4n) is 3.10. The van der Waals surface area contributed by atoms with Crippen LogP contribution in [0, 0.1) is 0 Å². The third kappa shape index (κ3) is 3.21. The average molecular weight is 314 g/mol. The summed E-state index contributed by atoms with van der Waals surface area (Å²) in [4.78, 5) is 14.8. The first kappa shape index (κ1) is 15.5. The Bertz CT molecular complexity index is 669.